The summed E-state index contributed by atoms with van der Waals surface area (Å²) in [6.07, 6.45) is -0.753. The maximum absolute atomic E-state index is 12.6. The Balaban J connectivity index is 1.78. The average molecular weight is 400 g/mol. The molecule has 1 atom stereocenters. The van der Waals surface area contributed by atoms with Crippen molar-refractivity contribution in [3.8, 4) is 11.5 Å². The quantitative estimate of drug-likeness (QED) is 0.557. The van der Waals surface area contributed by atoms with Crippen LogP contribution < -0.4 is 25.0 Å². The van der Waals surface area contributed by atoms with Crippen LogP contribution >= 0.6 is 0 Å². The van der Waals surface area contributed by atoms with Crippen molar-refractivity contribution in [3.63, 3.8) is 0 Å². The number of amides is 2. The summed E-state index contributed by atoms with van der Waals surface area (Å²) in [6.45, 7) is 0.148. The van der Waals surface area contributed by atoms with Gasteiger partial charge in [-0.3, -0.25) is 19.7 Å². The van der Waals surface area contributed by atoms with Crippen molar-refractivity contribution in [2.45, 2.75) is 6.10 Å². The fraction of sp³-hybridized carbons (Fsp3) is 0.263. The highest BCUT2D eigenvalue weighted by Crippen LogP contribution is 2.33. The summed E-state index contributed by atoms with van der Waals surface area (Å²) in [5.41, 5.74) is 0.862. The monoisotopic (exact) mass is 400 g/mol. The summed E-state index contributed by atoms with van der Waals surface area (Å²) in [5, 5.41) is 16.1. The lowest BCUT2D eigenvalue weighted by Crippen LogP contribution is -2.50. The van der Waals surface area contributed by atoms with Crippen LogP contribution in [0.2, 0.25) is 0 Å². The van der Waals surface area contributed by atoms with Gasteiger partial charge in [0, 0.05) is 13.1 Å². The number of benzene rings is 2. The molecule has 0 aliphatic carbocycles. The van der Waals surface area contributed by atoms with E-state index in [2.05, 4.69) is 10.6 Å². The molecular formula is C19H20N4O6. The molecule has 2 N–H and O–H groups in total. The number of carbonyl (C=O) groups is 2. The summed E-state index contributed by atoms with van der Waals surface area (Å²) in [6, 6.07) is 11.1. The summed E-state index contributed by atoms with van der Waals surface area (Å²) >= 11 is 0. The van der Waals surface area contributed by atoms with E-state index in [0.29, 0.717) is 17.1 Å². The number of ether oxygens (including phenoxy) is 2. The Morgan fingerprint density at radius 3 is 2.76 bits per heavy atom. The van der Waals surface area contributed by atoms with E-state index in [9.17, 15) is 19.7 Å². The number of methoxy groups -OCH3 is 1. The second kappa shape index (κ2) is 8.46. The molecule has 0 aromatic heterocycles. The Bertz CT molecular complexity index is 948. The smallest absolute Gasteiger partial charge is 0.273 e. The molecule has 1 heterocycles. The van der Waals surface area contributed by atoms with E-state index in [1.54, 1.807) is 23.1 Å². The molecule has 1 aliphatic heterocycles. The van der Waals surface area contributed by atoms with Crippen molar-refractivity contribution >= 4 is 28.9 Å². The molecule has 10 heteroatoms. The molecule has 29 heavy (non-hydrogen) atoms. The molecule has 3 rings (SSSR count). The minimum Gasteiger partial charge on any atom is -0.494 e. The Morgan fingerprint density at radius 1 is 1.31 bits per heavy atom. The molecule has 1 unspecified atom stereocenters. The zero-order valence-electron chi connectivity index (χ0n) is 15.9. The van der Waals surface area contributed by atoms with Crippen molar-refractivity contribution in [1.82, 2.24) is 5.32 Å². The number of nitro groups is 1. The normalized spacial score (nSPS) is 15.0. The lowest BCUT2D eigenvalue weighted by Gasteiger charge is -2.35. The van der Waals surface area contributed by atoms with Crippen LogP contribution in [-0.2, 0) is 9.59 Å². The van der Waals surface area contributed by atoms with Crippen molar-refractivity contribution < 1.29 is 24.0 Å². The van der Waals surface area contributed by atoms with Crippen LogP contribution in [0.25, 0.3) is 0 Å². The summed E-state index contributed by atoms with van der Waals surface area (Å²) in [5.74, 6) is 0.0256. The molecule has 2 amide bonds. The highest BCUT2D eigenvalue weighted by Gasteiger charge is 2.31. The molecule has 0 radical (unpaired) electrons. The third-order valence-electron chi connectivity index (χ3n) is 4.40. The molecule has 0 spiro atoms. The van der Waals surface area contributed by atoms with Crippen LogP contribution in [0.5, 0.6) is 11.5 Å². The summed E-state index contributed by atoms with van der Waals surface area (Å²) in [4.78, 5) is 36.8. The number of hydrogen-bond donors (Lipinski definition) is 2. The molecule has 0 bridgehead atoms. The molecule has 1 aliphatic rings. The molecule has 0 fully saturated rings. The lowest BCUT2D eigenvalue weighted by atomic mass is 10.1. The topological polar surface area (TPSA) is 123 Å². The van der Waals surface area contributed by atoms with Gasteiger partial charge < -0.3 is 25.0 Å². The van der Waals surface area contributed by atoms with E-state index in [-0.39, 0.29) is 36.3 Å². The average Bonchev–Trinajstić information content (AvgIpc) is 2.73. The maximum Gasteiger partial charge on any atom is 0.273 e. The minimum atomic E-state index is -0.753. The first-order chi connectivity index (χ1) is 13.9. The Hall–Kier alpha value is -3.82. The number of para-hydroxylation sites is 2. The van der Waals surface area contributed by atoms with Gasteiger partial charge in [0.25, 0.3) is 11.6 Å². The molecule has 152 valence electrons. The van der Waals surface area contributed by atoms with E-state index < -0.39 is 11.0 Å². The first-order valence-corrected chi connectivity index (χ1v) is 8.77. The van der Waals surface area contributed by atoms with Gasteiger partial charge in [-0.25, -0.2) is 0 Å². The first kappa shape index (κ1) is 19.9. The van der Waals surface area contributed by atoms with Gasteiger partial charge >= 0.3 is 0 Å². The second-order valence-corrected chi connectivity index (χ2v) is 6.26. The summed E-state index contributed by atoms with van der Waals surface area (Å²) < 4.78 is 10.9. The van der Waals surface area contributed by atoms with E-state index in [4.69, 9.17) is 9.47 Å². The fourth-order valence-corrected chi connectivity index (χ4v) is 3.01. The third kappa shape index (κ3) is 4.37. The number of hydrogen-bond acceptors (Lipinski definition) is 7. The highest BCUT2D eigenvalue weighted by atomic mass is 16.6. The van der Waals surface area contributed by atoms with E-state index in [0.717, 1.165) is 0 Å². The molecule has 2 aromatic rings. The van der Waals surface area contributed by atoms with Crippen molar-refractivity contribution in [2.75, 3.05) is 37.5 Å². The number of non-ortho nitro benzene ring substituents is 1. The largest absolute Gasteiger partial charge is 0.494 e. The minimum absolute atomic E-state index is 0.0476. The van der Waals surface area contributed by atoms with Crippen LogP contribution in [-0.4, -0.2) is 50.1 Å². The fourth-order valence-electron chi connectivity index (χ4n) is 3.01. The number of anilines is 2. The molecule has 0 saturated carbocycles. The van der Waals surface area contributed by atoms with Gasteiger partial charge in [-0.1, -0.05) is 12.1 Å². The number of rotatable bonds is 6. The van der Waals surface area contributed by atoms with Gasteiger partial charge in [0.15, 0.2) is 6.10 Å². The van der Waals surface area contributed by atoms with Crippen molar-refractivity contribution in [3.05, 3.63) is 52.6 Å². The van der Waals surface area contributed by atoms with Crippen LogP contribution in [0.4, 0.5) is 17.1 Å². The predicted octanol–water partition coefficient (Wildman–Crippen LogP) is 1.56. The Labute approximate surface area is 166 Å². The molecule has 10 nitrogen and oxygen atoms in total. The van der Waals surface area contributed by atoms with Crippen LogP contribution in [0, 0.1) is 10.1 Å². The van der Waals surface area contributed by atoms with Gasteiger partial charge in [0.2, 0.25) is 5.91 Å². The zero-order valence-corrected chi connectivity index (χ0v) is 15.9. The standard InChI is InChI=1S/C19H20N4O6/c1-20-19(25)17-10-22(14-5-3-4-6-15(14)29-17)11-18(24)21-13-8-7-12(23(26)27)9-16(13)28-2/h3-9,17H,10-11H2,1-2H3,(H,20,25)(H,21,24). The van der Waals surface area contributed by atoms with Gasteiger partial charge in [0.1, 0.15) is 11.5 Å². The van der Waals surface area contributed by atoms with Crippen LogP contribution in [0.1, 0.15) is 0 Å². The predicted molar refractivity (Wildman–Crippen MR) is 105 cm³/mol. The van der Waals surface area contributed by atoms with Crippen molar-refractivity contribution in [1.29, 1.82) is 0 Å². The first-order valence-electron chi connectivity index (χ1n) is 8.77. The second-order valence-electron chi connectivity index (χ2n) is 6.26. The zero-order chi connectivity index (χ0) is 21.0. The lowest BCUT2D eigenvalue weighted by molar-refractivity contribution is -0.384. The Kier molecular flexibility index (Phi) is 5.82. The van der Waals surface area contributed by atoms with Gasteiger partial charge in [0.05, 0.1) is 42.6 Å². The maximum atomic E-state index is 12.6. The van der Waals surface area contributed by atoms with E-state index >= 15 is 0 Å². The molecular weight excluding hydrogens is 380 g/mol. The van der Waals surface area contributed by atoms with Crippen LogP contribution in [0.3, 0.4) is 0 Å². The number of carbonyl (C=O) groups excluding carboxylic acids is 2. The SMILES string of the molecule is CNC(=O)C1CN(CC(=O)Nc2ccc([N+](=O)[O-])cc2OC)c2ccccc2O1. The van der Waals surface area contributed by atoms with Gasteiger partial charge in [-0.2, -0.15) is 0 Å². The number of nitro benzene ring substituents is 1. The highest BCUT2D eigenvalue weighted by molar-refractivity contribution is 5.96. The van der Waals surface area contributed by atoms with E-state index in [1.165, 1.54) is 32.4 Å². The number of nitrogens with one attached hydrogen (secondary N) is 2. The van der Waals surface area contributed by atoms with Crippen molar-refractivity contribution in [2.24, 2.45) is 0 Å². The van der Waals surface area contributed by atoms with Crippen LogP contribution in [0.15, 0.2) is 42.5 Å². The summed E-state index contributed by atoms with van der Waals surface area (Å²) in [7, 11) is 2.88. The van der Waals surface area contributed by atoms with Gasteiger partial charge in [-0.15, -0.1) is 0 Å². The Morgan fingerprint density at radius 2 is 2.07 bits per heavy atom. The van der Waals surface area contributed by atoms with E-state index in [1.807, 2.05) is 6.07 Å². The number of likely N-dealkylation sites (N-methyl/N-ethyl adjacent to an activating group) is 1. The third-order valence-corrected chi connectivity index (χ3v) is 4.40. The van der Waals surface area contributed by atoms with Gasteiger partial charge in [-0.05, 0) is 18.2 Å². The molecule has 2 aromatic carbocycles. The molecule has 0 saturated heterocycles. The number of nitrogens with zero attached hydrogens (tertiary/aromatic N) is 2. The number of fused-ring (bicyclic) bond motifs is 1.